The van der Waals surface area contributed by atoms with E-state index in [1.54, 1.807) is 0 Å². The monoisotopic (exact) mass is 202 g/mol. The zero-order valence-electron chi connectivity index (χ0n) is 10.00. The van der Waals surface area contributed by atoms with Gasteiger partial charge in [0.05, 0.1) is 0 Å². The Bertz CT molecular complexity index is 264. The first-order chi connectivity index (χ1) is 7.15. The second-order valence-corrected chi connectivity index (χ2v) is 3.73. The van der Waals surface area contributed by atoms with E-state index in [0.29, 0.717) is 5.92 Å². The maximum absolute atomic E-state index is 3.77. The Hall–Kier alpha value is -1.30. The summed E-state index contributed by atoms with van der Waals surface area (Å²) in [5.41, 5.74) is 2.69. The van der Waals surface area contributed by atoms with Gasteiger partial charge in [-0.25, -0.2) is 0 Å². The number of rotatable bonds is 7. The van der Waals surface area contributed by atoms with Crippen LogP contribution >= 0.6 is 0 Å². The minimum Gasteiger partial charge on any atom is -0.103 e. The minimum atomic E-state index is 0.425. The van der Waals surface area contributed by atoms with E-state index in [1.165, 1.54) is 11.1 Å². The summed E-state index contributed by atoms with van der Waals surface area (Å²) < 4.78 is 0. The average molecular weight is 202 g/mol. The van der Waals surface area contributed by atoms with Gasteiger partial charge in [0.1, 0.15) is 0 Å². The van der Waals surface area contributed by atoms with E-state index in [9.17, 15) is 0 Å². The SMILES string of the molecule is C=CCC(CC=C)=C(C)/C=C\C(C)C=C. The highest BCUT2D eigenvalue weighted by molar-refractivity contribution is 5.27. The summed E-state index contributed by atoms with van der Waals surface area (Å²) in [4.78, 5) is 0. The third-order valence-corrected chi connectivity index (χ3v) is 2.36. The van der Waals surface area contributed by atoms with Crippen LogP contribution < -0.4 is 0 Å². The summed E-state index contributed by atoms with van der Waals surface area (Å²) in [5, 5.41) is 0. The molecule has 0 aliphatic rings. The van der Waals surface area contributed by atoms with Crippen molar-refractivity contribution in [1.29, 1.82) is 0 Å². The maximum Gasteiger partial charge on any atom is -0.00813 e. The zero-order chi connectivity index (χ0) is 11.7. The number of allylic oxidation sites excluding steroid dienone is 7. The Morgan fingerprint density at radius 1 is 1.13 bits per heavy atom. The van der Waals surface area contributed by atoms with Gasteiger partial charge in [-0.2, -0.15) is 0 Å². The lowest BCUT2D eigenvalue weighted by atomic mass is 10.0. The van der Waals surface area contributed by atoms with Crippen molar-refractivity contribution < 1.29 is 0 Å². The lowest BCUT2D eigenvalue weighted by molar-refractivity contribution is 0.940. The predicted molar refractivity (Wildman–Crippen MR) is 70.8 cm³/mol. The van der Waals surface area contributed by atoms with Gasteiger partial charge in [-0.05, 0) is 25.7 Å². The second-order valence-electron chi connectivity index (χ2n) is 3.73. The fourth-order valence-corrected chi connectivity index (χ4v) is 1.25. The van der Waals surface area contributed by atoms with Crippen molar-refractivity contribution in [2.75, 3.05) is 0 Å². The third-order valence-electron chi connectivity index (χ3n) is 2.36. The van der Waals surface area contributed by atoms with E-state index < -0.39 is 0 Å². The lowest BCUT2D eigenvalue weighted by Crippen LogP contribution is -1.86. The fourth-order valence-electron chi connectivity index (χ4n) is 1.25. The van der Waals surface area contributed by atoms with Gasteiger partial charge < -0.3 is 0 Å². The van der Waals surface area contributed by atoms with E-state index in [1.807, 2.05) is 18.2 Å². The van der Waals surface area contributed by atoms with E-state index >= 15 is 0 Å². The van der Waals surface area contributed by atoms with E-state index in [2.05, 4.69) is 45.7 Å². The molecule has 0 spiro atoms. The van der Waals surface area contributed by atoms with Crippen molar-refractivity contribution in [1.82, 2.24) is 0 Å². The maximum atomic E-state index is 3.77. The van der Waals surface area contributed by atoms with Crippen molar-refractivity contribution >= 4 is 0 Å². The van der Waals surface area contributed by atoms with E-state index in [-0.39, 0.29) is 0 Å². The molecular formula is C15H22. The molecule has 0 radical (unpaired) electrons. The van der Waals surface area contributed by atoms with Crippen LogP contribution in [-0.4, -0.2) is 0 Å². The molecule has 0 aromatic heterocycles. The molecule has 0 aliphatic carbocycles. The average Bonchev–Trinajstić information content (AvgIpc) is 2.25. The van der Waals surface area contributed by atoms with Crippen LogP contribution in [0.4, 0.5) is 0 Å². The van der Waals surface area contributed by atoms with Gasteiger partial charge in [0, 0.05) is 0 Å². The molecular weight excluding hydrogens is 180 g/mol. The molecule has 0 saturated heterocycles. The van der Waals surface area contributed by atoms with Crippen molar-refractivity contribution in [3.63, 3.8) is 0 Å². The van der Waals surface area contributed by atoms with Gasteiger partial charge in [-0.1, -0.05) is 48.5 Å². The fraction of sp³-hybridized carbons (Fsp3) is 0.333. The standard InChI is InChI=1S/C15H22/c1-6-9-15(10-7-2)14(5)12-11-13(4)8-3/h6-8,11-13H,1-3,9-10H2,4-5H3/b12-11-. The Balaban J connectivity index is 4.67. The summed E-state index contributed by atoms with van der Waals surface area (Å²) in [6, 6.07) is 0. The Morgan fingerprint density at radius 3 is 2.07 bits per heavy atom. The molecule has 82 valence electrons. The zero-order valence-corrected chi connectivity index (χ0v) is 10.00. The molecule has 0 aromatic rings. The Morgan fingerprint density at radius 2 is 1.67 bits per heavy atom. The quantitative estimate of drug-likeness (QED) is 0.409. The second kappa shape index (κ2) is 8.05. The van der Waals surface area contributed by atoms with Crippen LogP contribution in [0.3, 0.4) is 0 Å². The highest BCUT2D eigenvalue weighted by Gasteiger charge is 1.96. The van der Waals surface area contributed by atoms with Crippen molar-refractivity contribution in [2.45, 2.75) is 26.7 Å². The third kappa shape index (κ3) is 5.90. The molecule has 0 aromatic carbocycles. The van der Waals surface area contributed by atoms with E-state index in [4.69, 9.17) is 0 Å². The van der Waals surface area contributed by atoms with Gasteiger partial charge in [0.2, 0.25) is 0 Å². The van der Waals surface area contributed by atoms with Gasteiger partial charge >= 0.3 is 0 Å². The van der Waals surface area contributed by atoms with Crippen molar-refractivity contribution in [3.05, 3.63) is 61.3 Å². The van der Waals surface area contributed by atoms with Crippen LogP contribution in [0.15, 0.2) is 61.3 Å². The molecule has 0 nitrogen and oxygen atoms in total. The first-order valence-electron chi connectivity index (χ1n) is 5.36. The van der Waals surface area contributed by atoms with Crippen LogP contribution in [0.2, 0.25) is 0 Å². The summed E-state index contributed by atoms with van der Waals surface area (Å²) in [5.74, 6) is 0.425. The lowest BCUT2D eigenvalue weighted by Gasteiger charge is -2.05. The van der Waals surface area contributed by atoms with Crippen LogP contribution in [0, 0.1) is 5.92 Å². The molecule has 1 unspecified atom stereocenters. The van der Waals surface area contributed by atoms with Crippen molar-refractivity contribution in [2.24, 2.45) is 5.92 Å². The predicted octanol–water partition coefficient (Wildman–Crippen LogP) is 4.83. The van der Waals surface area contributed by atoms with Gasteiger partial charge in [0.15, 0.2) is 0 Å². The first kappa shape index (κ1) is 13.7. The minimum absolute atomic E-state index is 0.425. The molecule has 0 heteroatoms. The number of hydrogen-bond donors (Lipinski definition) is 0. The van der Waals surface area contributed by atoms with E-state index in [0.717, 1.165) is 12.8 Å². The molecule has 0 aliphatic heterocycles. The highest BCUT2D eigenvalue weighted by Crippen LogP contribution is 2.16. The normalized spacial score (nSPS) is 12.1. The smallest absolute Gasteiger partial charge is 0.00813 e. The molecule has 0 N–H and O–H groups in total. The summed E-state index contributed by atoms with van der Waals surface area (Å²) in [6.07, 6.45) is 12.0. The highest BCUT2D eigenvalue weighted by atomic mass is 14.0. The van der Waals surface area contributed by atoms with Gasteiger partial charge in [-0.15, -0.1) is 19.7 Å². The summed E-state index contributed by atoms with van der Waals surface area (Å²) >= 11 is 0. The van der Waals surface area contributed by atoms with Crippen LogP contribution in [0.5, 0.6) is 0 Å². The molecule has 0 heterocycles. The van der Waals surface area contributed by atoms with Crippen molar-refractivity contribution in [3.8, 4) is 0 Å². The molecule has 0 fully saturated rings. The topological polar surface area (TPSA) is 0 Å². The largest absolute Gasteiger partial charge is 0.103 e. The van der Waals surface area contributed by atoms with Crippen LogP contribution in [0.25, 0.3) is 0 Å². The molecule has 0 saturated carbocycles. The van der Waals surface area contributed by atoms with Crippen LogP contribution in [-0.2, 0) is 0 Å². The Labute approximate surface area is 94.4 Å². The first-order valence-corrected chi connectivity index (χ1v) is 5.36. The molecule has 0 amide bonds. The van der Waals surface area contributed by atoms with Gasteiger partial charge in [-0.3, -0.25) is 0 Å². The molecule has 1 atom stereocenters. The van der Waals surface area contributed by atoms with Crippen LogP contribution in [0.1, 0.15) is 26.7 Å². The molecule has 15 heavy (non-hydrogen) atoms. The summed E-state index contributed by atoms with van der Waals surface area (Å²) in [6.45, 7) is 15.5. The Kier molecular flexibility index (Phi) is 7.35. The molecule has 0 bridgehead atoms. The molecule has 0 rings (SSSR count). The van der Waals surface area contributed by atoms with Gasteiger partial charge in [0.25, 0.3) is 0 Å². The summed E-state index contributed by atoms with van der Waals surface area (Å²) in [7, 11) is 0. The number of hydrogen-bond acceptors (Lipinski definition) is 0.